The summed E-state index contributed by atoms with van der Waals surface area (Å²) < 4.78 is 27.0. The van der Waals surface area contributed by atoms with E-state index in [-0.39, 0.29) is 39.6 Å². The van der Waals surface area contributed by atoms with Gasteiger partial charge in [-0.25, -0.2) is 13.2 Å². The summed E-state index contributed by atoms with van der Waals surface area (Å²) in [5, 5.41) is 18.5. The number of rotatable bonds is 13. The molecule has 6 rings (SSSR count). The minimum absolute atomic E-state index is 0.0325. The predicted molar refractivity (Wildman–Crippen MR) is 179 cm³/mol. The average Bonchev–Trinajstić information content (AvgIpc) is 3.99. The first kappa shape index (κ1) is 35.2. The van der Waals surface area contributed by atoms with Crippen molar-refractivity contribution in [1.29, 1.82) is 0 Å². The van der Waals surface area contributed by atoms with Crippen LogP contribution in [0.2, 0.25) is 0 Å². The smallest absolute Gasteiger partial charge is 0.315 e. The number of fused-ring (bicyclic) bond motifs is 1. The number of phenolic OH excluding ortho intramolecular Hbond substituents is 1. The van der Waals surface area contributed by atoms with Crippen LogP contribution in [-0.2, 0) is 29.0 Å². The van der Waals surface area contributed by atoms with Crippen molar-refractivity contribution < 1.29 is 37.5 Å². The molecule has 1 saturated heterocycles. The van der Waals surface area contributed by atoms with Crippen LogP contribution in [0.1, 0.15) is 85.0 Å². The number of nitrogens with zero attached hydrogens (tertiary/aromatic N) is 1. The fourth-order valence-electron chi connectivity index (χ4n) is 8.41. The molecule has 5 atom stereocenters. The lowest BCUT2D eigenvalue weighted by atomic mass is 9.83. The second-order valence-corrected chi connectivity index (χ2v) is 18.1. The fourth-order valence-corrected chi connectivity index (χ4v) is 10.3. The van der Waals surface area contributed by atoms with Crippen LogP contribution in [0.3, 0.4) is 0 Å². The predicted octanol–water partition coefficient (Wildman–Crippen LogP) is 2.16. The van der Waals surface area contributed by atoms with E-state index in [0.29, 0.717) is 38.6 Å². The molecule has 0 aromatic heterocycles. The quantitative estimate of drug-likeness (QED) is 0.193. The van der Waals surface area contributed by atoms with Crippen LogP contribution in [0.15, 0.2) is 29.2 Å². The van der Waals surface area contributed by atoms with E-state index < -0.39 is 68.5 Å². The highest BCUT2D eigenvalue weighted by atomic mass is 32.2. The molecule has 5 aliphatic rings. The van der Waals surface area contributed by atoms with Gasteiger partial charge in [-0.3, -0.25) is 19.2 Å². The first-order valence-electron chi connectivity index (χ1n) is 17.5. The molecule has 1 aromatic carbocycles. The van der Waals surface area contributed by atoms with Gasteiger partial charge in [0.1, 0.15) is 17.8 Å². The summed E-state index contributed by atoms with van der Waals surface area (Å²) in [6, 6.07) is 1.90. The lowest BCUT2D eigenvalue weighted by Gasteiger charge is -2.39. The van der Waals surface area contributed by atoms with Crippen LogP contribution in [0.5, 0.6) is 5.75 Å². The third kappa shape index (κ3) is 7.16. The minimum atomic E-state index is -3.89. The molecule has 1 heterocycles. The molecule has 6 N–H and O–H groups in total. The number of amides is 5. The second-order valence-electron chi connectivity index (χ2n) is 16.1. The zero-order valence-electron chi connectivity index (χ0n) is 28.5. The second kappa shape index (κ2) is 12.6. The van der Waals surface area contributed by atoms with E-state index in [2.05, 4.69) is 16.0 Å². The Balaban J connectivity index is 1.20. The summed E-state index contributed by atoms with van der Waals surface area (Å²) in [6.07, 6.45) is 6.71. The molecule has 0 spiro atoms. The summed E-state index contributed by atoms with van der Waals surface area (Å²) in [7, 11) is -3.89. The Morgan fingerprint density at radius 2 is 1.67 bits per heavy atom. The van der Waals surface area contributed by atoms with E-state index in [4.69, 9.17) is 5.73 Å². The van der Waals surface area contributed by atoms with Gasteiger partial charge in [-0.05, 0) is 78.9 Å². The number of primary amides is 1. The Hall–Kier alpha value is -3.68. The standard InChI is InChI=1S/C35H49N5O8S/c1-33(2)23-18-40(26(25(23)33)30(44)37-24(16-20-10-11-20)27(42)29(36)43)31(45)28(34(3)14-15-34)38-32(46)39-35(12-5-4-6-13-35)19-49(47,48)22-9-7-8-21(41)17-22/h7-9,17,20,23-26,28,41H,4-6,10-16,18-19H2,1-3H3,(H2,36,43)(H,37,44)(H2,38,39,46)/t23?,24?,25?,26-,28+/m0/s1. The Labute approximate surface area is 287 Å². The molecule has 1 aliphatic heterocycles. The molecule has 5 amide bonds. The molecule has 0 radical (unpaired) electrons. The Bertz CT molecular complexity index is 1650. The monoisotopic (exact) mass is 699 g/mol. The summed E-state index contributed by atoms with van der Waals surface area (Å²) >= 11 is 0. The number of urea groups is 1. The molecule has 4 aliphatic carbocycles. The Morgan fingerprint density at radius 1 is 1.00 bits per heavy atom. The highest BCUT2D eigenvalue weighted by Gasteiger charge is 2.70. The molecule has 3 unspecified atom stereocenters. The average molecular weight is 700 g/mol. The number of carbonyl (C=O) groups is 5. The van der Waals surface area contributed by atoms with Crippen molar-refractivity contribution in [3.05, 3.63) is 24.3 Å². The summed E-state index contributed by atoms with van der Waals surface area (Å²) in [6.45, 7) is 6.31. The van der Waals surface area contributed by atoms with E-state index in [1.54, 1.807) is 0 Å². The van der Waals surface area contributed by atoms with Gasteiger partial charge in [-0.15, -0.1) is 0 Å². The van der Waals surface area contributed by atoms with Crippen molar-refractivity contribution in [3.8, 4) is 5.75 Å². The largest absolute Gasteiger partial charge is 0.508 e. The topological polar surface area (TPSA) is 205 Å². The zero-order chi connectivity index (χ0) is 35.5. The van der Waals surface area contributed by atoms with E-state index in [0.717, 1.165) is 32.1 Å². The molecule has 0 bridgehead atoms. The minimum Gasteiger partial charge on any atom is -0.508 e. The van der Waals surface area contributed by atoms with Crippen LogP contribution in [-0.4, -0.2) is 83.9 Å². The van der Waals surface area contributed by atoms with E-state index in [1.807, 2.05) is 20.8 Å². The van der Waals surface area contributed by atoms with Crippen LogP contribution in [0.25, 0.3) is 0 Å². The van der Waals surface area contributed by atoms with Gasteiger partial charge in [0, 0.05) is 6.54 Å². The highest BCUT2D eigenvalue weighted by molar-refractivity contribution is 7.91. The number of piperidine rings is 1. The molecule has 1 aromatic rings. The van der Waals surface area contributed by atoms with Gasteiger partial charge < -0.3 is 31.7 Å². The van der Waals surface area contributed by atoms with Crippen molar-refractivity contribution in [2.45, 2.75) is 114 Å². The lowest BCUT2D eigenvalue weighted by molar-refractivity contribution is -0.144. The highest BCUT2D eigenvalue weighted by Crippen LogP contribution is 2.65. The van der Waals surface area contributed by atoms with Gasteiger partial charge >= 0.3 is 6.03 Å². The number of ketones is 1. The zero-order valence-corrected chi connectivity index (χ0v) is 29.3. The summed E-state index contributed by atoms with van der Waals surface area (Å²) in [5.74, 6) is -3.28. The van der Waals surface area contributed by atoms with Gasteiger partial charge in [0.2, 0.25) is 17.6 Å². The van der Waals surface area contributed by atoms with Gasteiger partial charge in [0.05, 0.1) is 22.2 Å². The number of carbonyl (C=O) groups excluding carboxylic acids is 5. The van der Waals surface area contributed by atoms with E-state index in [9.17, 15) is 37.5 Å². The number of hydrogen-bond acceptors (Lipinski definition) is 8. The number of nitrogens with two attached hydrogens (primary N) is 1. The number of likely N-dealkylation sites (tertiary alicyclic amines) is 1. The van der Waals surface area contributed by atoms with Crippen molar-refractivity contribution in [3.63, 3.8) is 0 Å². The number of hydrogen-bond donors (Lipinski definition) is 5. The molecule has 14 heteroatoms. The maximum atomic E-state index is 14.4. The van der Waals surface area contributed by atoms with Crippen LogP contribution >= 0.6 is 0 Å². The van der Waals surface area contributed by atoms with Crippen molar-refractivity contribution in [2.75, 3.05) is 12.3 Å². The number of nitrogens with one attached hydrogen (secondary N) is 3. The van der Waals surface area contributed by atoms with Crippen LogP contribution < -0.4 is 21.7 Å². The summed E-state index contributed by atoms with van der Waals surface area (Å²) in [5.41, 5.74) is 3.47. The molecule has 5 fully saturated rings. The molecule has 49 heavy (non-hydrogen) atoms. The van der Waals surface area contributed by atoms with Gasteiger partial charge in [-0.2, -0.15) is 0 Å². The van der Waals surface area contributed by atoms with E-state index in [1.165, 1.54) is 29.2 Å². The normalized spacial score (nSPS) is 27.2. The number of aromatic hydroxyl groups is 1. The Morgan fingerprint density at radius 3 is 2.27 bits per heavy atom. The van der Waals surface area contributed by atoms with Crippen molar-refractivity contribution in [1.82, 2.24) is 20.9 Å². The first-order chi connectivity index (χ1) is 23.0. The van der Waals surface area contributed by atoms with Gasteiger partial charge in [-0.1, -0.05) is 58.9 Å². The Kier molecular flexibility index (Phi) is 9.02. The van der Waals surface area contributed by atoms with E-state index >= 15 is 0 Å². The molecule has 268 valence electrons. The third-order valence-electron chi connectivity index (χ3n) is 12.0. The van der Waals surface area contributed by atoms with Crippen molar-refractivity contribution in [2.24, 2.45) is 34.3 Å². The maximum absolute atomic E-state index is 14.4. The van der Waals surface area contributed by atoms with Gasteiger partial charge in [0.15, 0.2) is 9.84 Å². The SMILES string of the molecule is CC1(C)C2CN(C(=O)[C@@H](NC(=O)NC3(CS(=O)(=O)c4cccc(O)c4)CCCCC3)C3(C)CC3)[C@H](C(=O)NC(CC3CC3)C(=O)C(N)=O)C21. The molecular formula is C35H49N5O8S. The first-order valence-corrected chi connectivity index (χ1v) is 19.2. The van der Waals surface area contributed by atoms with Gasteiger partial charge in [0.25, 0.3) is 5.91 Å². The summed E-state index contributed by atoms with van der Waals surface area (Å²) in [4.78, 5) is 68.1. The number of benzene rings is 1. The van der Waals surface area contributed by atoms with Crippen molar-refractivity contribution >= 4 is 39.4 Å². The van der Waals surface area contributed by atoms with Crippen LogP contribution in [0, 0.1) is 28.6 Å². The maximum Gasteiger partial charge on any atom is 0.315 e. The molecule has 13 nitrogen and oxygen atoms in total. The number of sulfone groups is 1. The fraction of sp³-hybridized carbons (Fsp3) is 0.686. The lowest BCUT2D eigenvalue weighted by Crippen LogP contribution is -2.63. The molecule has 4 saturated carbocycles. The number of phenols is 1. The van der Waals surface area contributed by atoms with Crippen LogP contribution in [0.4, 0.5) is 4.79 Å². The number of Topliss-reactive ketones (excluding diaryl/α,β-unsaturated/α-hetero) is 1. The third-order valence-corrected chi connectivity index (χ3v) is 13.9. The molecular weight excluding hydrogens is 650 g/mol.